The van der Waals surface area contributed by atoms with Gasteiger partial charge in [0.15, 0.2) is 0 Å². The highest BCUT2D eigenvalue weighted by Gasteiger charge is 2.31. The van der Waals surface area contributed by atoms with E-state index in [0.717, 1.165) is 30.1 Å². The number of ether oxygens (including phenoxy) is 3. The van der Waals surface area contributed by atoms with Crippen LogP contribution in [-0.4, -0.2) is 61.6 Å². The van der Waals surface area contributed by atoms with Crippen LogP contribution in [0.25, 0.3) is 0 Å². The van der Waals surface area contributed by atoms with E-state index in [9.17, 15) is 4.79 Å². The molecule has 144 valence electrons. The molecule has 2 aliphatic heterocycles. The van der Waals surface area contributed by atoms with E-state index in [1.807, 2.05) is 31.7 Å². The van der Waals surface area contributed by atoms with Crippen molar-refractivity contribution in [3.05, 3.63) is 23.8 Å². The average Bonchev–Trinajstić information content (AvgIpc) is 2.50. The Labute approximate surface area is 156 Å². The molecule has 6 heteroatoms. The van der Waals surface area contributed by atoms with E-state index in [4.69, 9.17) is 14.2 Å². The third-order valence-corrected chi connectivity index (χ3v) is 4.68. The van der Waals surface area contributed by atoms with Gasteiger partial charge in [-0.05, 0) is 58.4 Å². The third kappa shape index (κ3) is 4.41. The summed E-state index contributed by atoms with van der Waals surface area (Å²) in [5.74, 6) is 0.919. The number of piperazine rings is 1. The Morgan fingerprint density at radius 2 is 1.96 bits per heavy atom. The summed E-state index contributed by atoms with van der Waals surface area (Å²) in [6.45, 7) is 13.4. The molecule has 1 aromatic carbocycles. The lowest BCUT2D eigenvalue weighted by atomic mass is 10.1. The van der Waals surface area contributed by atoms with E-state index in [1.165, 1.54) is 0 Å². The summed E-state index contributed by atoms with van der Waals surface area (Å²) < 4.78 is 16.6. The van der Waals surface area contributed by atoms with Crippen LogP contribution in [0.2, 0.25) is 0 Å². The Kier molecular flexibility index (Phi) is 5.32. The molecule has 2 heterocycles. The minimum atomic E-state index is -0.466. The van der Waals surface area contributed by atoms with Crippen molar-refractivity contribution in [1.29, 1.82) is 0 Å². The first-order valence-corrected chi connectivity index (χ1v) is 9.32. The van der Waals surface area contributed by atoms with Crippen LogP contribution in [0.4, 0.5) is 10.5 Å². The molecule has 2 saturated heterocycles. The zero-order chi connectivity index (χ0) is 18.9. The Bertz CT molecular complexity index is 652. The highest BCUT2D eigenvalue weighted by Crippen LogP contribution is 2.28. The van der Waals surface area contributed by atoms with Crippen molar-refractivity contribution in [3.63, 3.8) is 0 Å². The average molecular weight is 362 g/mol. The van der Waals surface area contributed by atoms with E-state index >= 15 is 0 Å². The zero-order valence-electron chi connectivity index (χ0n) is 16.4. The number of hydrogen-bond donors (Lipinski definition) is 0. The van der Waals surface area contributed by atoms with Crippen molar-refractivity contribution in [3.8, 4) is 5.75 Å². The molecule has 1 amide bonds. The number of hydrogen-bond acceptors (Lipinski definition) is 5. The fourth-order valence-corrected chi connectivity index (χ4v) is 3.21. The Balaban J connectivity index is 1.61. The second-order valence-corrected chi connectivity index (χ2v) is 8.20. The van der Waals surface area contributed by atoms with Gasteiger partial charge < -0.3 is 24.0 Å². The van der Waals surface area contributed by atoms with E-state index in [-0.39, 0.29) is 18.2 Å². The van der Waals surface area contributed by atoms with Crippen LogP contribution in [-0.2, 0) is 9.47 Å². The predicted molar refractivity (Wildman–Crippen MR) is 101 cm³/mol. The van der Waals surface area contributed by atoms with Crippen molar-refractivity contribution in [2.45, 2.75) is 52.4 Å². The molecule has 2 aliphatic rings. The number of amides is 1. The van der Waals surface area contributed by atoms with Crippen LogP contribution in [0.3, 0.4) is 0 Å². The summed E-state index contributed by atoms with van der Waals surface area (Å²) in [7, 11) is 0. The van der Waals surface area contributed by atoms with E-state index in [0.29, 0.717) is 19.8 Å². The maximum absolute atomic E-state index is 12.4. The molecule has 0 radical (unpaired) electrons. The second-order valence-electron chi connectivity index (χ2n) is 8.20. The summed E-state index contributed by atoms with van der Waals surface area (Å²) >= 11 is 0. The fourth-order valence-electron chi connectivity index (χ4n) is 3.21. The van der Waals surface area contributed by atoms with E-state index in [1.54, 1.807) is 0 Å². The molecule has 0 N–H and O–H groups in total. The molecule has 26 heavy (non-hydrogen) atoms. The van der Waals surface area contributed by atoms with Gasteiger partial charge in [0.05, 0.1) is 13.2 Å². The highest BCUT2D eigenvalue weighted by atomic mass is 16.6. The van der Waals surface area contributed by atoms with E-state index in [2.05, 4.69) is 30.9 Å². The van der Waals surface area contributed by atoms with Crippen LogP contribution in [0.15, 0.2) is 18.2 Å². The normalized spacial score (nSPS) is 21.3. The summed E-state index contributed by atoms with van der Waals surface area (Å²) in [6, 6.07) is 6.39. The highest BCUT2D eigenvalue weighted by molar-refractivity contribution is 5.69. The van der Waals surface area contributed by atoms with Crippen molar-refractivity contribution in [1.82, 2.24) is 4.90 Å². The fraction of sp³-hybridized carbons (Fsp3) is 0.650. The lowest BCUT2D eigenvalue weighted by Crippen LogP contribution is -2.55. The number of benzene rings is 1. The lowest BCUT2D eigenvalue weighted by molar-refractivity contribution is -0.0799. The van der Waals surface area contributed by atoms with Gasteiger partial charge in [0, 0.05) is 31.4 Å². The molecule has 0 aromatic heterocycles. The van der Waals surface area contributed by atoms with Crippen molar-refractivity contribution in [2.24, 2.45) is 0 Å². The molecule has 1 unspecified atom stereocenters. The maximum atomic E-state index is 12.4. The Morgan fingerprint density at radius 3 is 2.50 bits per heavy atom. The first kappa shape index (κ1) is 18.8. The molecular weight excluding hydrogens is 332 g/mol. The molecule has 6 nitrogen and oxygen atoms in total. The first-order valence-electron chi connectivity index (χ1n) is 9.32. The smallest absolute Gasteiger partial charge is 0.410 e. The SMILES string of the molecule is Cc1cc(N2CCN(C(=O)OC(C)(C)C)C(C)C2)ccc1OC1COC1. The zero-order valence-corrected chi connectivity index (χ0v) is 16.4. The van der Waals surface area contributed by atoms with Gasteiger partial charge in [-0.1, -0.05) is 0 Å². The number of carbonyl (C=O) groups is 1. The van der Waals surface area contributed by atoms with Gasteiger partial charge in [0.2, 0.25) is 0 Å². The Hall–Kier alpha value is -1.95. The second kappa shape index (κ2) is 7.35. The summed E-state index contributed by atoms with van der Waals surface area (Å²) in [4.78, 5) is 16.5. The molecule has 0 aliphatic carbocycles. The molecule has 1 atom stereocenters. The first-order chi connectivity index (χ1) is 12.2. The van der Waals surface area contributed by atoms with Crippen LogP contribution in [0.5, 0.6) is 5.75 Å². The van der Waals surface area contributed by atoms with Crippen LogP contribution < -0.4 is 9.64 Å². The minimum Gasteiger partial charge on any atom is -0.485 e. The topological polar surface area (TPSA) is 51.2 Å². The number of aryl methyl sites for hydroxylation is 1. The van der Waals surface area contributed by atoms with Gasteiger partial charge in [-0.2, -0.15) is 0 Å². The third-order valence-electron chi connectivity index (χ3n) is 4.68. The summed E-state index contributed by atoms with van der Waals surface area (Å²) in [6.07, 6.45) is -0.0516. The van der Waals surface area contributed by atoms with Crippen LogP contribution in [0, 0.1) is 6.92 Å². The van der Waals surface area contributed by atoms with Gasteiger partial charge in [0.1, 0.15) is 17.5 Å². The predicted octanol–water partition coefficient (Wildman–Crippen LogP) is 3.22. The number of rotatable bonds is 3. The standard InChI is InChI=1S/C20H30N2O4/c1-14-10-16(6-7-18(14)25-17-12-24-13-17)21-8-9-22(15(2)11-21)19(23)26-20(3,4)5/h6-7,10,15,17H,8-9,11-13H2,1-5H3. The molecule has 3 rings (SSSR count). The number of nitrogens with zero attached hydrogens (tertiary/aromatic N) is 2. The van der Waals surface area contributed by atoms with Gasteiger partial charge in [0.25, 0.3) is 0 Å². The minimum absolute atomic E-state index is 0.0990. The molecule has 2 fully saturated rings. The van der Waals surface area contributed by atoms with Crippen LogP contribution in [0.1, 0.15) is 33.3 Å². The summed E-state index contributed by atoms with van der Waals surface area (Å²) in [5.41, 5.74) is 1.82. The van der Waals surface area contributed by atoms with Gasteiger partial charge in [-0.15, -0.1) is 0 Å². The number of carbonyl (C=O) groups excluding carboxylic acids is 1. The molecule has 1 aromatic rings. The van der Waals surface area contributed by atoms with Gasteiger partial charge in [-0.3, -0.25) is 0 Å². The monoisotopic (exact) mass is 362 g/mol. The molecule has 0 spiro atoms. The van der Waals surface area contributed by atoms with Gasteiger partial charge >= 0.3 is 6.09 Å². The Morgan fingerprint density at radius 1 is 1.23 bits per heavy atom. The van der Waals surface area contributed by atoms with Crippen molar-refractivity contribution in [2.75, 3.05) is 37.7 Å². The largest absolute Gasteiger partial charge is 0.485 e. The molecular formula is C20H30N2O4. The quantitative estimate of drug-likeness (QED) is 0.826. The lowest BCUT2D eigenvalue weighted by Gasteiger charge is -2.41. The number of anilines is 1. The van der Waals surface area contributed by atoms with Gasteiger partial charge in [-0.25, -0.2) is 4.79 Å². The van der Waals surface area contributed by atoms with Crippen molar-refractivity contribution >= 4 is 11.8 Å². The van der Waals surface area contributed by atoms with E-state index < -0.39 is 5.60 Å². The molecule has 0 bridgehead atoms. The maximum Gasteiger partial charge on any atom is 0.410 e. The molecule has 0 saturated carbocycles. The van der Waals surface area contributed by atoms with Crippen molar-refractivity contribution < 1.29 is 19.0 Å². The summed E-state index contributed by atoms with van der Waals surface area (Å²) in [5, 5.41) is 0. The van der Waals surface area contributed by atoms with Crippen LogP contribution >= 0.6 is 0 Å².